The van der Waals surface area contributed by atoms with E-state index in [9.17, 15) is 9.59 Å². The molecule has 3 rings (SSSR count). The second-order valence-corrected chi connectivity index (χ2v) is 6.16. The van der Waals surface area contributed by atoms with Gasteiger partial charge in [0.15, 0.2) is 6.10 Å². The Morgan fingerprint density at radius 2 is 2.08 bits per heavy atom. The Labute approximate surface area is 147 Å². The van der Waals surface area contributed by atoms with E-state index >= 15 is 0 Å². The molecule has 24 heavy (non-hydrogen) atoms. The van der Waals surface area contributed by atoms with Crippen LogP contribution in [0.4, 0.5) is 11.4 Å². The maximum absolute atomic E-state index is 12.0. The minimum atomic E-state index is -0.523. The van der Waals surface area contributed by atoms with Gasteiger partial charge in [0.1, 0.15) is 5.75 Å². The summed E-state index contributed by atoms with van der Waals surface area (Å²) in [6.07, 6.45) is 2.66. The summed E-state index contributed by atoms with van der Waals surface area (Å²) in [5.41, 5.74) is 2.03. The zero-order chi connectivity index (χ0) is 17.1. The average molecular weight is 387 g/mol. The Hall–Kier alpha value is -2.60. The predicted molar refractivity (Wildman–Crippen MR) is 97.0 cm³/mol. The number of halogens is 1. The smallest absolute Gasteiger partial charge is 0.265 e. The van der Waals surface area contributed by atoms with Gasteiger partial charge in [0.2, 0.25) is 5.91 Å². The van der Waals surface area contributed by atoms with Gasteiger partial charge in [0.25, 0.3) is 5.91 Å². The highest BCUT2D eigenvalue weighted by Gasteiger charge is 2.23. The number of hydrogen-bond acceptors (Lipinski definition) is 3. The molecule has 2 N–H and O–H groups in total. The summed E-state index contributed by atoms with van der Waals surface area (Å²) in [5.74, 6) is 0.116. The summed E-state index contributed by atoms with van der Waals surface area (Å²) in [4.78, 5) is 23.7. The molecule has 1 atom stereocenters. The SMILES string of the molecule is C[C@H]1Oc2ccc(NC(=O)/C=C/c3ccccc3Br)cc2NC1=O. The Balaban J connectivity index is 1.70. The van der Waals surface area contributed by atoms with Gasteiger partial charge in [-0.05, 0) is 42.8 Å². The van der Waals surface area contributed by atoms with Crippen LogP contribution in [0.25, 0.3) is 6.08 Å². The van der Waals surface area contributed by atoms with Crippen LogP contribution in [-0.2, 0) is 9.59 Å². The number of amides is 2. The van der Waals surface area contributed by atoms with Gasteiger partial charge in [-0.2, -0.15) is 0 Å². The van der Waals surface area contributed by atoms with Crippen LogP contribution >= 0.6 is 15.9 Å². The van der Waals surface area contributed by atoms with E-state index < -0.39 is 6.10 Å². The second kappa shape index (κ2) is 6.88. The van der Waals surface area contributed by atoms with Crippen molar-refractivity contribution >= 4 is 45.2 Å². The van der Waals surface area contributed by atoms with Crippen LogP contribution in [0, 0.1) is 0 Å². The highest BCUT2D eigenvalue weighted by atomic mass is 79.9. The monoisotopic (exact) mass is 386 g/mol. The molecule has 2 aromatic rings. The molecule has 0 fully saturated rings. The molecule has 0 unspecified atom stereocenters. The van der Waals surface area contributed by atoms with E-state index in [2.05, 4.69) is 26.6 Å². The molecule has 0 aromatic heterocycles. The van der Waals surface area contributed by atoms with Gasteiger partial charge in [-0.15, -0.1) is 0 Å². The maximum atomic E-state index is 12.0. The van der Waals surface area contributed by atoms with Crippen molar-refractivity contribution in [3.8, 4) is 5.75 Å². The van der Waals surface area contributed by atoms with Crippen molar-refractivity contribution in [1.29, 1.82) is 0 Å². The highest BCUT2D eigenvalue weighted by Crippen LogP contribution is 2.32. The van der Waals surface area contributed by atoms with Gasteiger partial charge in [0, 0.05) is 16.2 Å². The van der Waals surface area contributed by atoms with E-state index in [4.69, 9.17) is 4.74 Å². The summed E-state index contributed by atoms with van der Waals surface area (Å²) >= 11 is 3.43. The Kier molecular flexibility index (Phi) is 4.66. The lowest BCUT2D eigenvalue weighted by Gasteiger charge is -2.23. The van der Waals surface area contributed by atoms with Crippen LogP contribution in [0.15, 0.2) is 53.0 Å². The molecule has 6 heteroatoms. The van der Waals surface area contributed by atoms with Crippen molar-refractivity contribution in [2.24, 2.45) is 0 Å². The quantitative estimate of drug-likeness (QED) is 0.787. The fraction of sp³-hybridized carbons (Fsp3) is 0.111. The third-order valence-electron chi connectivity index (χ3n) is 3.50. The van der Waals surface area contributed by atoms with Crippen molar-refractivity contribution < 1.29 is 14.3 Å². The number of nitrogens with one attached hydrogen (secondary N) is 2. The third-order valence-corrected chi connectivity index (χ3v) is 4.22. The van der Waals surface area contributed by atoms with Crippen LogP contribution in [-0.4, -0.2) is 17.9 Å². The van der Waals surface area contributed by atoms with E-state index in [1.165, 1.54) is 6.08 Å². The molecular weight excluding hydrogens is 372 g/mol. The van der Waals surface area contributed by atoms with Crippen LogP contribution in [0.1, 0.15) is 12.5 Å². The number of hydrogen-bond donors (Lipinski definition) is 2. The van der Waals surface area contributed by atoms with Gasteiger partial charge in [0.05, 0.1) is 5.69 Å². The summed E-state index contributed by atoms with van der Waals surface area (Å²) in [5, 5.41) is 5.51. The lowest BCUT2D eigenvalue weighted by Crippen LogP contribution is -2.34. The van der Waals surface area contributed by atoms with Crippen LogP contribution in [0.5, 0.6) is 5.75 Å². The predicted octanol–water partition coefficient (Wildman–Crippen LogP) is 3.82. The Bertz CT molecular complexity index is 833. The fourth-order valence-corrected chi connectivity index (χ4v) is 2.66. The fourth-order valence-electron chi connectivity index (χ4n) is 2.25. The maximum Gasteiger partial charge on any atom is 0.265 e. The first-order valence-corrected chi connectivity index (χ1v) is 8.17. The number of carbonyl (C=O) groups is 2. The highest BCUT2D eigenvalue weighted by molar-refractivity contribution is 9.10. The minimum Gasteiger partial charge on any atom is -0.479 e. The number of carbonyl (C=O) groups excluding carboxylic acids is 2. The molecule has 0 bridgehead atoms. The Morgan fingerprint density at radius 3 is 2.88 bits per heavy atom. The lowest BCUT2D eigenvalue weighted by atomic mass is 10.2. The number of rotatable bonds is 3. The van der Waals surface area contributed by atoms with Gasteiger partial charge in [-0.25, -0.2) is 0 Å². The minimum absolute atomic E-state index is 0.209. The summed E-state index contributed by atoms with van der Waals surface area (Å²) in [6.45, 7) is 1.68. The van der Waals surface area contributed by atoms with E-state index in [-0.39, 0.29) is 11.8 Å². The van der Waals surface area contributed by atoms with Crippen molar-refractivity contribution in [2.45, 2.75) is 13.0 Å². The molecule has 0 radical (unpaired) electrons. The molecule has 2 aromatic carbocycles. The number of fused-ring (bicyclic) bond motifs is 1. The first kappa shape index (κ1) is 16.3. The number of anilines is 2. The van der Waals surface area contributed by atoms with Gasteiger partial charge >= 0.3 is 0 Å². The van der Waals surface area contributed by atoms with Crippen molar-refractivity contribution in [2.75, 3.05) is 10.6 Å². The molecule has 0 aliphatic carbocycles. The normalized spacial score (nSPS) is 16.2. The standard InChI is InChI=1S/C18H15BrN2O3/c1-11-18(23)21-15-10-13(7-8-16(15)24-11)20-17(22)9-6-12-4-2-3-5-14(12)19/h2-11H,1H3,(H,20,22)(H,21,23)/b9-6+/t11-/m1/s1. The average Bonchev–Trinajstić information content (AvgIpc) is 2.55. The summed E-state index contributed by atoms with van der Waals surface area (Å²) < 4.78 is 6.39. The molecule has 0 saturated carbocycles. The largest absolute Gasteiger partial charge is 0.479 e. The molecule has 1 heterocycles. The second-order valence-electron chi connectivity index (χ2n) is 5.30. The topological polar surface area (TPSA) is 67.4 Å². The van der Waals surface area contributed by atoms with Crippen LogP contribution < -0.4 is 15.4 Å². The van der Waals surface area contributed by atoms with Gasteiger partial charge in [-0.1, -0.05) is 34.1 Å². The molecular formula is C18H15BrN2O3. The summed E-state index contributed by atoms with van der Waals surface area (Å²) in [6, 6.07) is 12.7. The van der Waals surface area contributed by atoms with E-state index in [0.717, 1.165) is 10.0 Å². The number of benzene rings is 2. The molecule has 0 spiro atoms. The van der Waals surface area contributed by atoms with Crippen LogP contribution in [0.2, 0.25) is 0 Å². The Morgan fingerprint density at radius 1 is 1.29 bits per heavy atom. The van der Waals surface area contributed by atoms with Crippen molar-refractivity contribution in [3.63, 3.8) is 0 Å². The zero-order valence-corrected chi connectivity index (χ0v) is 14.5. The number of ether oxygens (including phenoxy) is 1. The molecule has 2 amide bonds. The van der Waals surface area contributed by atoms with E-state index in [1.54, 1.807) is 31.2 Å². The lowest BCUT2D eigenvalue weighted by molar-refractivity contribution is -0.122. The zero-order valence-electron chi connectivity index (χ0n) is 12.9. The van der Waals surface area contributed by atoms with Crippen molar-refractivity contribution in [3.05, 3.63) is 58.6 Å². The first-order valence-electron chi connectivity index (χ1n) is 7.38. The first-order chi connectivity index (χ1) is 11.5. The molecule has 1 aliphatic heterocycles. The van der Waals surface area contributed by atoms with E-state index in [0.29, 0.717) is 17.1 Å². The molecule has 5 nitrogen and oxygen atoms in total. The molecule has 0 saturated heterocycles. The van der Waals surface area contributed by atoms with Crippen LogP contribution in [0.3, 0.4) is 0 Å². The van der Waals surface area contributed by atoms with Crippen molar-refractivity contribution in [1.82, 2.24) is 0 Å². The third kappa shape index (κ3) is 3.65. The molecule has 1 aliphatic rings. The van der Waals surface area contributed by atoms with Gasteiger partial charge < -0.3 is 15.4 Å². The summed E-state index contributed by atoms with van der Waals surface area (Å²) in [7, 11) is 0. The molecule has 122 valence electrons. The van der Waals surface area contributed by atoms with E-state index in [1.807, 2.05) is 24.3 Å². The van der Waals surface area contributed by atoms with Gasteiger partial charge in [-0.3, -0.25) is 9.59 Å².